The number of hydrogen-bond acceptors (Lipinski definition) is 2. The molecule has 0 aliphatic rings. The lowest BCUT2D eigenvalue weighted by Gasteiger charge is -2.09. The zero-order valence-corrected chi connectivity index (χ0v) is 15.7. The first-order chi connectivity index (χ1) is 9.95. The first-order valence-corrected chi connectivity index (χ1v) is 9.08. The van der Waals surface area contributed by atoms with Gasteiger partial charge in [0.2, 0.25) is 0 Å². The minimum atomic E-state index is -0.320. The lowest BCUT2D eigenvalue weighted by Crippen LogP contribution is -2.04. The molecule has 2 heterocycles. The molecule has 2 aromatic heterocycles. The molecule has 0 aliphatic carbocycles. The van der Waals surface area contributed by atoms with Gasteiger partial charge in [-0.25, -0.2) is 9.37 Å². The molecule has 0 radical (unpaired) electrons. The maximum absolute atomic E-state index is 13.7. The van der Waals surface area contributed by atoms with E-state index in [2.05, 4.69) is 42.9 Å². The Morgan fingerprint density at radius 2 is 2.14 bits per heavy atom. The molecule has 0 bridgehead atoms. The zero-order valence-electron chi connectivity index (χ0n) is 10.9. The molecule has 0 aliphatic heterocycles. The van der Waals surface area contributed by atoms with Crippen LogP contribution in [0, 0.1) is 5.82 Å². The molecule has 0 saturated heterocycles. The van der Waals surface area contributed by atoms with Gasteiger partial charge in [0.05, 0.1) is 27.4 Å². The number of imidazole rings is 1. The van der Waals surface area contributed by atoms with Crippen molar-refractivity contribution >= 4 is 65.8 Å². The van der Waals surface area contributed by atoms with Crippen LogP contribution in [0.4, 0.5) is 4.39 Å². The topological polar surface area (TPSA) is 17.8 Å². The molecule has 0 fully saturated rings. The summed E-state index contributed by atoms with van der Waals surface area (Å²) in [6.07, 6.45) is 0. The van der Waals surface area contributed by atoms with Crippen molar-refractivity contribution in [2.24, 2.45) is 0 Å². The molecule has 110 valence electrons. The summed E-state index contributed by atoms with van der Waals surface area (Å²) in [5, 5.41) is 1.79. The van der Waals surface area contributed by atoms with Crippen LogP contribution in [0.25, 0.3) is 11.0 Å². The van der Waals surface area contributed by atoms with Crippen LogP contribution in [0.1, 0.15) is 23.0 Å². The monoisotopic (exact) mass is 450 g/mol. The second kappa shape index (κ2) is 5.99. The third kappa shape index (κ3) is 3.04. The second-order valence-corrected chi connectivity index (χ2v) is 8.08. The van der Waals surface area contributed by atoms with Crippen molar-refractivity contribution in [2.75, 3.05) is 0 Å². The fourth-order valence-corrected chi connectivity index (χ4v) is 4.14. The van der Waals surface area contributed by atoms with Gasteiger partial charge in [0, 0.05) is 20.8 Å². The number of rotatable bonds is 3. The normalized spacial score (nSPS) is 13.0. The third-order valence-electron chi connectivity index (χ3n) is 3.11. The molecule has 0 amide bonds. The van der Waals surface area contributed by atoms with Crippen LogP contribution in [0.3, 0.4) is 0 Å². The summed E-state index contributed by atoms with van der Waals surface area (Å²) < 4.78 is 17.2. The van der Waals surface area contributed by atoms with Crippen molar-refractivity contribution < 1.29 is 4.39 Å². The van der Waals surface area contributed by atoms with E-state index in [0.29, 0.717) is 16.5 Å². The molecule has 21 heavy (non-hydrogen) atoms. The van der Waals surface area contributed by atoms with Crippen LogP contribution in [0.5, 0.6) is 0 Å². The zero-order chi connectivity index (χ0) is 15.1. The molecule has 0 spiro atoms. The molecule has 0 N–H and O–H groups in total. The number of benzene rings is 1. The first-order valence-electron chi connectivity index (χ1n) is 6.18. The quantitative estimate of drug-likeness (QED) is 0.439. The van der Waals surface area contributed by atoms with Gasteiger partial charge < -0.3 is 4.57 Å². The van der Waals surface area contributed by atoms with Crippen LogP contribution < -0.4 is 0 Å². The van der Waals surface area contributed by atoms with Crippen molar-refractivity contribution in [3.63, 3.8) is 0 Å². The fraction of sp³-hybridized carbons (Fsp3) is 0.214. The lowest BCUT2D eigenvalue weighted by atomic mass is 10.3. The third-order valence-corrected chi connectivity index (χ3v) is 5.60. The van der Waals surface area contributed by atoms with Gasteiger partial charge in [-0.05, 0) is 50.9 Å². The predicted molar refractivity (Wildman–Crippen MR) is 92.8 cm³/mol. The SMILES string of the molecule is CC(Cl)c1nc2cc(F)c(Br)cc2n1Cc1cc(Br)cs1. The molecule has 0 saturated carbocycles. The fourth-order valence-electron chi connectivity index (χ4n) is 2.20. The Morgan fingerprint density at radius 3 is 2.76 bits per heavy atom. The van der Waals surface area contributed by atoms with Gasteiger partial charge in [-0.3, -0.25) is 0 Å². The standard InChI is InChI=1S/C14H10Br2ClFN2S/c1-7(17)14-19-12-4-11(18)10(16)3-13(12)20(14)5-9-2-8(15)6-21-9/h2-4,6-7H,5H2,1H3. The molecular weight excluding hydrogens is 442 g/mol. The summed E-state index contributed by atoms with van der Waals surface area (Å²) >= 11 is 14.6. The largest absolute Gasteiger partial charge is 0.321 e. The first kappa shape index (κ1) is 15.5. The van der Waals surface area contributed by atoms with Crippen molar-refractivity contribution in [3.05, 3.63) is 49.0 Å². The van der Waals surface area contributed by atoms with Gasteiger partial charge in [0.1, 0.15) is 11.6 Å². The highest BCUT2D eigenvalue weighted by molar-refractivity contribution is 9.10. The molecule has 3 rings (SSSR count). The molecule has 3 aromatic rings. The van der Waals surface area contributed by atoms with Gasteiger partial charge in [0.25, 0.3) is 0 Å². The highest BCUT2D eigenvalue weighted by atomic mass is 79.9. The van der Waals surface area contributed by atoms with Crippen molar-refractivity contribution in [3.8, 4) is 0 Å². The lowest BCUT2D eigenvalue weighted by molar-refractivity contribution is 0.622. The van der Waals surface area contributed by atoms with Crippen LogP contribution in [0.2, 0.25) is 0 Å². The van der Waals surface area contributed by atoms with E-state index in [0.717, 1.165) is 15.8 Å². The average Bonchev–Trinajstić information content (AvgIpc) is 2.96. The highest BCUT2D eigenvalue weighted by Gasteiger charge is 2.17. The van der Waals surface area contributed by atoms with E-state index in [1.807, 2.05) is 16.9 Å². The van der Waals surface area contributed by atoms with E-state index >= 15 is 0 Å². The van der Waals surface area contributed by atoms with Crippen molar-refractivity contribution in [2.45, 2.75) is 18.8 Å². The number of thiophene rings is 1. The Labute approximate surface area is 147 Å². The minimum absolute atomic E-state index is 0.248. The second-order valence-electron chi connectivity index (χ2n) is 4.66. The van der Waals surface area contributed by atoms with E-state index in [9.17, 15) is 4.39 Å². The molecule has 1 unspecified atom stereocenters. The smallest absolute Gasteiger partial charge is 0.139 e. The number of hydrogen-bond donors (Lipinski definition) is 0. The Bertz CT molecular complexity index is 813. The molecule has 1 aromatic carbocycles. The van der Waals surface area contributed by atoms with E-state index in [-0.39, 0.29) is 11.2 Å². The maximum atomic E-state index is 13.7. The number of aromatic nitrogens is 2. The Kier molecular flexibility index (Phi) is 4.41. The number of fused-ring (bicyclic) bond motifs is 1. The van der Waals surface area contributed by atoms with Gasteiger partial charge in [-0.1, -0.05) is 0 Å². The van der Waals surface area contributed by atoms with Crippen LogP contribution in [-0.2, 0) is 6.54 Å². The van der Waals surface area contributed by atoms with Crippen LogP contribution >= 0.6 is 54.8 Å². The van der Waals surface area contributed by atoms with E-state index in [1.54, 1.807) is 17.4 Å². The molecular formula is C14H10Br2ClFN2S. The average molecular weight is 453 g/mol. The molecule has 1 atom stereocenters. The number of alkyl halides is 1. The minimum Gasteiger partial charge on any atom is -0.321 e. The van der Waals surface area contributed by atoms with Crippen LogP contribution in [-0.4, -0.2) is 9.55 Å². The Morgan fingerprint density at radius 1 is 1.38 bits per heavy atom. The predicted octanol–water partition coefficient (Wildman–Crippen LogP) is 6.11. The van der Waals surface area contributed by atoms with Crippen LogP contribution in [0.15, 0.2) is 32.5 Å². The van der Waals surface area contributed by atoms with E-state index in [1.165, 1.54) is 10.9 Å². The van der Waals surface area contributed by atoms with E-state index < -0.39 is 0 Å². The summed E-state index contributed by atoms with van der Waals surface area (Å²) in [6, 6.07) is 5.25. The Balaban J connectivity index is 2.17. The van der Waals surface area contributed by atoms with Gasteiger partial charge in [0.15, 0.2) is 0 Å². The highest BCUT2D eigenvalue weighted by Crippen LogP contribution is 2.30. The summed E-state index contributed by atoms with van der Waals surface area (Å²) in [5.41, 5.74) is 1.49. The van der Waals surface area contributed by atoms with Crippen molar-refractivity contribution in [1.29, 1.82) is 0 Å². The van der Waals surface area contributed by atoms with Gasteiger partial charge in [-0.15, -0.1) is 22.9 Å². The van der Waals surface area contributed by atoms with E-state index in [4.69, 9.17) is 11.6 Å². The van der Waals surface area contributed by atoms with Gasteiger partial charge in [-0.2, -0.15) is 0 Å². The number of halogens is 4. The van der Waals surface area contributed by atoms with Gasteiger partial charge >= 0.3 is 0 Å². The maximum Gasteiger partial charge on any atom is 0.139 e. The Hall–Kier alpha value is -0.430. The summed E-state index contributed by atoms with van der Waals surface area (Å²) in [5.74, 6) is 0.425. The molecule has 7 heteroatoms. The summed E-state index contributed by atoms with van der Waals surface area (Å²) in [6.45, 7) is 2.53. The summed E-state index contributed by atoms with van der Waals surface area (Å²) in [4.78, 5) is 5.66. The van der Waals surface area contributed by atoms with Crippen molar-refractivity contribution in [1.82, 2.24) is 9.55 Å². The summed E-state index contributed by atoms with van der Waals surface area (Å²) in [7, 11) is 0. The molecule has 2 nitrogen and oxygen atoms in total. The number of nitrogens with zero attached hydrogens (tertiary/aromatic N) is 2.